The maximum Gasteiger partial charge on any atom is 0.272 e. The smallest absolute Gasteiger partial charge is 0.272 e. The van der Waals surface area contributed by atoms with Crippen LogP contribution >= 0.6 is 22.9 Å². The Labute approximate surface area is 208 Å². The summed E-state index contributed by atoms with van der Waals surface area (Å²) in [5.41, 5.74) is 2.04. The lowest BCUT2D eigenvalue weighted by molar-refractivity contribution is 0.138. The molecule has 0 radical (unpaired) electrons. The molecule has 180 valence electrons. The Morgan fingerprint density at radius 3 is 2.53 bits per heavy atom. The molecule has 1 saturated carbocycles. The molecule has 5 rings (SSSR count). The van der Waals surface area contributed by atoms with Crippen molar-refractivity contribution >= 4 is 44.5 Å². The van der Waals surface area contributed by atoms with E-state index in [1.165, 1.54) is 17.7 Å². The molecule has 2 aromatic heterocycles. The van der Waals surface area contributed by atoms with Crippen LogP contribution in [-0.2, 0) is 16.6 Å². The highest BCUT2D eigenvalue weighted by Gasteiger charge is 2.44. The first kappa shape index (κ1) is 23.5. The van der Waals surface area contributed by atoms with Crippen molar-refractivity contribution in [1.82, 2.24) is 9.88 Å². The summed E-state index contributed by atoms with van der Waals surface area (Å²) in [6.45, 7) is 2.98. The number of piperidine rings is 1. The first-order chi connectivity index (χ1) is 16.3. The van der Waals surface area contributed by atoms with Crippen molar-refractivity contribution in [1.29, 1.82) is 0 Å². The SMILES string of the molecule is CN(c1cc(S(=O)(=O)Nc2cccc(F)n2)sc1Cl)[C@H]1[C@@H]2CC[C@H]1CN(Cc1ccccc1)C2. The molecule has 2 aliphatic rings. The number of rotatable bonds is 7. The van der Waals surface area contributed by atoms with Gasteiger partial charge >= 0.3 is 0 Å². The van der Waals surface area contributed by atoms with Gasteiger partial charge in [-0.3, -0.25) is 9.62 Å². The zero-order valence-electron chi connectivity index (χ0n) is 18.7. The minimum absolute atomic E-state index is 0.0664. The van der Waals surface area contributed by atoms with Gasteiger partial charge in [0, 0.05) is 32.7 Å². The van der Waals surface area contributed by atoms with Crippen LogP contribution in [0.15, 0.2) is 58.8 Å². The first-order valence-corrected chi connectivity index (χ1v) is 13.9. The maximum absolute atomic E-state index is 13.4. The number of aromatic nitrogens is 1. The van der Waals surface area contributed by atoms with Gasteiger partial charge in [-0.05, 0) is 48.4 Å². The minimum Gasteiger partial charge on any atom is -0.369 e. The molecule has 2 fully saturated rings. The van der Waals surface area contributed by atoms with Crippen molar-refractivity contribution in [2.45, 2.75) is 29.6 Å². The number of sulfonamides is 1. The van der Waals surface area contributed by atoms with E-state index in [1.54, 1.807) is 6.07 Å². The van der Waals surface area contributed by atoms with E-state index >= 15 is 0 Å². The van der Waals surface area contributed by atoms with E-state index in [0.29, 0.717) is 22.2 Å². The van der Waals surface area contributed by atoms with Gasteiger partial charge in [0.15, 0.2) is 0 Å². The molecule has 1 saturated heterocycles. The van der Waals surface area contributed by atoms with Gasteiger partial charge in [0.25, 0.3) is 10.0 Å². The second-order valence-corrected chi connectivity index (χ2v) is 12.6. The molecule has 3 aromatic rings. The lowest BCUT2D eigenvalue weighted by Crippen LogP contribution is -2.51. The number of hydrogen-bond acceptors (Lipinski definition) is 6. The molecule has 34 heavy (non-hydrogen) atoms. The van der Waals surface area contributed by atoms with E-state index in [0.717, 1.165) is 55.6 Å². The van der Waals surface area contributed by atoms with Gasteiger partial charge in [-0.15, -0.1) is 11.3 Å². The van der Waals surface area contributed by atoms with Crippen molar-refractivity contribution in [2.75, 3.05) is 29.8 Å². The zero-order valence-corrected chi connectivity index (χ0v) is 21.1. The highest BCUT2D eigenvalue weighted by Crippen LogP contribution is 2.45. The molecule has 1 aromatic carbocycles. The van der Waals surface area contributed by atoms with Gasteiger partial charge in [0.2, 0.25) is 5.95 Å². The van der Waals surface area contributed by atoms with Crippen molar-refractivity contribution < 1.29 is 12.8 Å². The third kappa shape index (κ3) is 4.79. The van der Waals surface area contributed by atoms with Crippen molar-refractivity contribution in [3.63, 3.8) is 0 Å². The fraction of sp³-hybridized carbons (Fsp3) is 0.375. The molecule has 3 atom stereocenters. The summed E-state index contributed by atoms with van der Waals surface area (Å²) in [6.07, 6.45) is 2.31. The summed E-state index contributed by atoms with van der Waals surface area (Å²) in [4.78, 5) is 8.28. The predicted molar refractivity (Wildman–Crippen MR) is 134 cm³/mol. The summed E-state index contributed by atoms with van der Waals surface area (Å²) in [5.74, 6) is 0.179. The highest BCUT2D eigenvalue weighted by molar-refractivity contribution is 7.94. The Morgan fingerprint density at radius 1 is 1.15 bits per heavy atom. The topological polar surface area (TPSA) is 65.5 Å². The molecular weight excluding hydrogens is 495 g/mol. The normalized spacial score (nSPS) is 22.6. The van der Waals surface area contributed by atoms with Crippen LogP contribution in [0.3, 0.4) is 0 Å². The van der Waals surface area contributed by atoms with Crippen molar-refractivity contribution in [2.24, 2.45) is 11.8 Å². The van der Waals surface area contributed by atoms with Crippen LogP contribution < -0.4 is 9.62 Å². The lowest BCUT2D eigenvalue weighted by atomic mass is 9.90. The summed E-state index contributed by atoms with van der Waals surface area (Å²) in [6, 6.07) is 16.4. The summed E-state index contributed by atoms with van der Waals surface area (Å²) in [5, 5.41) is 0. The molecule has 10 heteroatoms. The van der Waals surface area contributed by atoms with Crippen LogP contribution in [0.1, 0.15) is 18.4 Å². The number of anilines is 2. The number of hydrogen-bond donors (Lipinski definition) is 1. The average molecular weight is 521 g/mol. The van der Waals surface area contributed by atoms with Gasteiger partial charge in [-0.1, -0.05) is 48.0 Å². The molecule has 6 nitrogen and oxygen atoms in total. The number of benzene rings is 1. The largest absolute Gasteiger partial charge is 0.369 e. The van der Waals surface area contributed by atoms with Crippen molar-refractivity contribution in [3.05, 3.63) is 70.4 Å². The number of fused-ring (bicyclic) bond motifs is 2. The van der Waals surface area contributed by atoms with Gasteiger partial charge in [-0.25, -0.2) is 13.4 Å². The number of nitrogens with one attached hydrogen (secondary N) is 1. The van der Waals surface area contributed by atoms with E-state index in [-0.39, 0.29) is 10.0 Å². The molecule has 3 heterocycles. The van der Waals surface area contributed by atoms with E-state index in [2.05, 4.69) is 43.8 Å². The Kier molecular flexibility index (Phi) is 6.54. The Bertz CT molecular complexity index is 1260. The third-order valence-corrected chi connectivity index (χ3v) is 9.97. The second kappa shape index (κ2) is 9.45. The van der Waals surface area contributed by atoms with Crippen molar-refractivity contribution in [3.8, 4) is 0 Å². The molecule has 1 N–H and O–H groups in total. The quantitative estimate of drug-likeness (QED) is 0.440. The third-order valence-electron chi connectivity index (χ3n) is 6.80. The molecule has 2 bridgehead atoms. The van der Waals surface area contributed by atoms with Crippen LogP contribution in [0.5, 0.6) is 0 Å². The van der Waals surface area contributed by atoms with Gasteiger partial charge in [0.1, 0.15) is 14.4 Å². The zero-order chi connectivity index (χ0) is 23.9. The van der Waals surface area contributed by atoms with E-state index < -0.39 is 16.0 Å². The maximum atomic E-state index is 13.4. The molecule has 0 unspecified atom stereocenters. The number of thiophene rings is 1. The molecular formula is C24H26ClFN4O2S2. The first-order valence-electron chi connectivity index (χ1n) is 11.2. The average Bonchev–Trinajstić information content (AvgIpc) is 3.32. The lowest BCUT2D eigenvalue weighted by Gasteiger charge is -2.43. The Hall–Kier alpha value is -2.20. The standard InChI is InChI=1S/C24H26ClFN4O2S2/c1-29(23-17-10-11-18(23)15-30(14-17)13-16-6-3-2-4-7-16)19-12-22(33-24(19)25)34(31,32)28-21-9-5-8-20(26)27-21/h2-9,12,17-18,23H,10-11,13-15H2,1H3,(H,27,28)/t17-,18+,23+. The van der Waals surface area contributed by atoms with Crippen LogP contribution in [0.2, 0.25) is 4.34 Å². The van der Waals surface area contributed by atoms with Gasteiger partial charge in [-0.2, -0.15) is 4.39 Å². The van der Waals surface area contributed by atoms with E-state index in [1.807, 2.05) is 13.1 Å². The fourth-order valence-corrected chi connectivity index (χ4v) is 8.22. The molecule has 1 aliphatic heterocycles. The van der Waals surface area contributed by atoms with E-state index in [4.69, 9.17) is 11.6 Å². The number of halogens is 2. The fourth-order valence-electron chi connectivity index (χ4n) is 5.42. The molecule has 0 amide bonds. The molecule has 0 spiro atoms. The number of likely N-dealkylation sites (tertiary alicyclic amines) is 1. The highest BCUT2D eigenvalue weighted by atomic mass is 35.5. The number of nitrogens with zero attached hydrogens (tertiary/aromatic N) is 3. The Balaban J connectivity index is 1.31. The second-order valence-electron chi connectivity index (χ2n) is 9.05. The minimum atomic E-state index is -3.93. The van der Waals surface area contributed by atoms with Crippen LogP contribution in [0.25, 0.3) is 0 Å². The summed E-state index contributed by atoms with van der Waals surface area (Å²) >= 11 is 7.55. The van der Waals surface area contributed by atoms with E-state index in [9.17, 15) is 12.8 Å². The van der Waals surface area contributed by atoms with Gasteiger partial charge in [0.05, 0.1) is 5.69 Å². The Morgan fingerprint density at radius 2 is 1.85 bits per heavy atom. The monoisotopic (exact) mass is 520 g/mol. The molecule has 1 aliphatic carbocycles. The van der Waals surface area contributed by atoms with Crippen LogP contribution in [0, 0.1) is 17.8 Å². The van der Waals surface area contributed by atoms with Crippen LogP contribution in [0.4, 0.5) is 15.9 Å². The summed E-state index contributed by atoms with van der Waals surface area (Å²) < 4.78 is 42.0. The van der Waals surface area contributed by atoms with Gasteiger partial charge < -0.3 is 4.90 Å². The number of pyridine rings is 1. The van der Waals surface area contributed by atoms with Crippen LogP contribution in [-0.4, -0.2) is 44.5 Å². The summed E-state index contributed by atoms with van der Waals surface area (Å²) in [7, 11) is -1.92. The predicted octanol–water partition coefficient (Wildman–Crippen LogP) is 5.08.